The number of hydrogen-bond acceptors (Lipinski definition) is 4. The van der Waals surface area contributed by atoms with E-state index in [9.17, 15) is 9.59 Å². The lowest BCUT2D eigenvalue weighted by molar-refractivity contribution is -0.148. The van der Waals surface area contributed by atoms with E-state index in [0.29, 0.717) is 0 Å². The first-order valence-corrected chi connectivity index (χ1v) is 4.45. The lowest BCUT2D eigenvalue weighted by Crippen LogP contribution is -2.18. The first kappa shape index (κ1) is 10.2. The molecule has 0 bridgehead atoms. The van der Waals surface area contributed by atoms with Gasteiger partial charge in [0.1, 0.15) is 18.8 Å². The summed E-state index contributed by atoms with van der Waals surface area (Å²) in [6.45, 7) is 2.40. The highest BCUT2D eigenvalue weighted by Gasteiger charge is 2.17. The van der Waals surface area contributed by atoms with Crippen LogP contribution in [0.15, 0.2) is 0 Å². The number of esters is 1. The second-order valence-corrected chi connectivity index (χ2v) is 3.20. The van der Waals surface area contributed by atoms with Crippen LogP contribution >= 0.6 is 0 Å². The number of Topliss-reactive ketones (excluding diaryl/α,β-unsaturated/α-hetero) is 1. The van der Waals surface area contributed by atoms with Crippen LogP contribution in [0.3, 0.4) is 0 Å². The highest BCUT2D eigenvalue weighted by atomic mass is 16.6. The monoisotopic (exact) mass is 186 g/mol. The largest absolute Gasteiger partial charge is 0.463 e. The molecular weight excluding hydrogens is 172 g/mol. The van der Waals surface area contributed by atoms with Crippen molar-refractivity contribution in [1.29, 1.82) is 0 Å². The molecule has 0 unspecified atom stereocenters. The standard InChI is InChI=1S/C9H14O4/c1-7(10)5-9(11)13-6-8-3-2-4-12-8/h8H,2-6H2,1H3/t8-/m1/s1. The van der Waals surface area contributed by atoms with E-state index < -0.39 is 5.97 Å². The molecule has 4 heteroatoms. The summed E-state index contributed by atoms with van der Waals surface area (Å²) in [4.78, 5) is 21.4. The maximum atomic E-state index is 10.9. The molecule has 1 saturated heterocycles. The fourth-order valence-electron chi connectivity index (χ4n) is 1.22. The Morgan fingerprint density at radius 3 is 2.85 bits per heavy atom. The van der Waals surface area contributed by atoms with Crippen molar-refractivity contribution in [1.82, 2.24) is 0 Å². The lowest BCUT2D eigenvalue weighted by Gasteiger charge is -2.09. The molecule has 0 N–H and O–H groups in total. The predicted molar refractivity (Wildman–Crippen MR) is 45.2 cm³/mol. The third-order valence-corrected chi connectivity index (χ3v) is 1.85. The van der Waals surface area contributed by atoms with Crippen LogP contribution in [0.5, 0.6) is 0 Å². The average molecular weight is 186 g/mol. The quantitative estimate of drug-likeness (QED) is 0.478. The van der Waals surface area contributed by atoms with Crippen molar-refractivity contribution in [2.75, 3.05) is 13.2 Å². The number of hydrogen-bond donors (Lipinski definition) is 0. The SMILES string of the molecule is CC(=O)CC(=O)OC[C@H]1CCCO1. The summed E-state index contributed by atoms with van der Waals surface area (Å²) < 4.78 is 10.1. The Hall–Kier alpha value is -0.900. The van der Waals surface area contributed by atoms with Crippen molar-refractivity contribution < 1.29 is 19.1 Å². The number of ether oxygens (including phenoxy) is 2. The average Bonchev–Trinajstić information content (AvgIpc) is 2.51. The van der Waals surface area contributed by atoms with Gasteiger partial charge in [0.05, 0.1) is 6.10 Å². The second-order valence-electron chi connectivity index (χ2n) is 3.20. The van der Waals surface area contributed by atoms with Crippen molar-refractivity contribution in [3.05, 3.63) is 0 Å². The molecule has 1 aliphatic heterocycles. The molecule has 0 amide bonds. The molecule has 0 aromatic rings. The molecule has 74 valence electrons. The molecule has 0 aromatic heterocycles. The van der Waals surface area contributed by atoms with Crippen LogP contribution in [0.4, 0.5) is 0 Å². The minimum Gasteiger partial charge on any atom is -0.463 e. The number of carbonyl (C=O) groups excluding carboxylic acids is 2. The van der Waals surface area contributed by atoms with E-state index in [4.69, 9.17) is 9.47 Å². The number of rotatable bonds is 4. The molecule has 1 heterocycles. The summed E-state index contributed by atoms with van der Waals surface area (Å²) in [6.07, 6.45) is 1.87. The zero-order valence-electron chi connectivity index (χ0n) is 7.75. The maximum absolute atomic E-state index is 10.9. The van der Waals surface area contributed by atoms with Gasteiger partial charge in [0, 0.05) is 6.61 Å². The van der Waals surface area contributed by atoms with E-state index in [1.54, 1.807) is 0 Å². The van der Waals surface area contributed by atoms with Crippen LogP contribution < -0.4 is 0 Å². The van der Waals surface area contributed by atoms with Crippen molar-refractivity contribution in [3.8, 4) is 0 Å². The Balaban J connectivity index is 2.10. The summed E-state index contributed by atoms with van der Waals surface area (Å²) in [5.41, 5.74) is 0. The molecule has 1 fully saturated rings. The maximum Gasteiger partial charge on any atom is 0.313 e. The van der Waals surface area contributed by atoms with Crippen molar-refractivity contribution >= 4 is 11.8 Å². The summed E-state index contributed by atoms with van der Waals surface area (Å²) in [6, 6.07) is 0. The van der Waals surface area contributed by atoms with Gasteiger partial charge in [-0.2, -0.15) is 0 Å². The zero-order chi connectivity index (χ0) is 9.68. The van der Waals surface area contributed by atoms with Crippen molar-refractivity contribution in [2.45, 2.75) is 32.3 Å². The molecule has 0 spiro atoms. The van der Waals surface area contributed by atoms with Gasteiger partial charge in [0.15, 0.2) is 0 Å². The molecule has 1 atom stereocenters. The van der Waals surface area contributed by atoms with E-state index in [0.717, 1.165) is 19.4 Å². The topological polar surface area (TPSA) is 52.6 Å². The Labute approximate surface area is 77.2 Å². The van der Waals surface area contributed by atoms with Crippen LogP contribution in [0.1, 0.15) is 26.2 Å². The minimum atomic E-state index is -0.456. The molecule has 0 aromatic carbocycles. The van der Waals surface area contributed by atoms with Crippen LogP contribution in [-0.4, -0.2) is 31.1 Å². The summed E-state index contributed by atoms with van der Waals surface area (Å²) >= 11 is 0. The smallest absolute Gasteiger partial charge is 0.313 e. The highest BCUT2D eigenvalue weighted by molar-refractivity contribution is 5.94. The van der Waals surface area contributed by atoms with Crippen LogP contribution in [-0.2, 0) is 19.1 Å². The first-order chi connectivity index (χ1) is 6.18. The fraction of sp³-hybridized carbons (Fsp3) is 0.778. The van der Waals surface area contributed by atoms with Gasteiger partial charge in [0.2, 0.25) is 0 Å². The van der Waals surface area contributed by atoms with Gasteiger partial charge in [-0.15, -0.1) is 0 Å². The van der Waals surface area contributed by atoms with Gasteiger partial charge in [0.25, 0.3) is 0 Å². The van der Waals surface area contributed by atoms with E-state index in [2.05, 4.69) is 0 Å². The van der Waals surface area contributed by atoms with Crippen LogP contribution in [0.2, 0.25) is 0 Å². The van der Waals surface area contributed by atoms with Gasteiger partial charge < -0.3 is 9.47 Å². The van der Waals surface area contributed by atoms with E-state index in [1.807, 2.05) is 0 Å². The van der Waals surface area contributed by atoms with Crippen molar-refractivity contribution in [2.24, 2.45) is 0 Å². The highest BCUT2D eigenvalue weighted by Crippen LogP contribution is 2.12. The fourth-order valence-corrected chi connectivity index (χ4v) is 1.22. The lowest BCUT2D eigenvalue weighted by atomic mass is 10.2. The third-order valence-electron chi connectivity index (χ3n) is 1.85. The Morgan fingerprint density at radius 1 is 1.54 bits per heavy atom. The molecule has 1 rings (SSSR count). The Bertz CT molecular complexity index is 194. The summed E-state index contributed by atoms with van der Waals surface area (Å²) in [7, 11) is 0. The number of ketones is 1. The van der Waals surface area contributed by atoms with E-state index >= 15 is 0 Å². The Morgan fingerprint density at radius 2 is 2.31 bits per heavy atom. The molecule has 1 aliphatic rings. The molecule has 13 heavy (non-hydrogen) atoms. The van der Waals surface area contributed by atoms with Gasteiger partial charge >= 0.3 is 5.97 Å². The van der Waals surface area contributed by atoms with Gasteiger partial charge in [-0.05, 0) is 19.8 Å². The number of carbonyl (C=O) groups is 2. The predicted octanol–water partition coefficient (Wildman–Crippen LogP) is 0.688. The van der Waals surface area contributed by atoms with Crippen LogP contribution in [0.25, 0.3) is 0 Å². The molecule has 0 radical (unpaired) electrons. The minimum absolute atomic E-state index is 0.0379. The third kappa shape index (κ3) is 4.03. The molecule has 0 saturated carbocycles. The van der Waals surface area contributed by atoms with Gasteiger partial charge in [-0.3, -0.25) is 9.59 Å². The molecular formula is C9H14O4. The van der Waals surface area contributed by atoms with Crippen molar-refractivity contribution in [3.63, 3.8) is 0 Å². The normalized spacial score (nSPS) is 21.5. The second kappa shape index (κ2) is 4.97. The van der Waals surface area contributed by atoms with Gasteiger partial charge in [-0.25, -0.2) is 0 Å². The summed E-state index contributed by atoms with van der Waals surface area (Å²) in [5, 5.41) is 0. The summed E-state index contributed by atoms with van der Waals surface area (Å²) in [5.74, 6) is -0.625. The van der Waals surface area contributed by atoms with Gasteiger partial charge in [-0.1, -0.05) is 0 Å². The van der Waals surface area contributed by atoms with Crippen LogP contribution in [0, 0.1) is 0 Å². The molecule has 4 nitrogen and oxygen atoms in total. The Kier molecular flexibility index (Phi) is 3.89. The first-order valence-electron chi connectivity index (χ1n) is 4.45. The van der Waals surface area contributed by atoms with E-state index in [1.165, 1.54) is 6.92 Å². The van der Waals surface area contributed by atoms with E-state index in [-0.39, 0.29) is 24.9 Å². The molecule has 0 aliphatic carbocycles. The zero-order valence-corrected chi connectivity index (χ0v) is 7.75.